The van der Waals surface area contributed by atoms with Crippen LogP contribution >= 0.6 is 0 Å². The summed E-state index contributed by atoms with van der Waals surface area (Å²) >= 11 is 0. The molecule has 0 unspecified atom stereocenters. The molecule has 104 valence electrons. The molecule has 0 fully saturated rings. The lowest BCUT2D eigenvalue weighted by molar-refractivity contribution is -0.385. The molecule has 0 saturated heterocycles. The molecule has 0 aliphatic carbocycles. The lowest BCUT2D eigenvalue weighted by Gasteiger charge is -2.10. The van der Waals surface area contributed by atoms with Crippen molar-refractivity contribution in [1.29, 1.82) is 0 Å². The molecule has 0 aliphatic rings. The molecule has 0 radical (unpaired) electrons. The molecule has 2 rings (SSSR count). The van der Waals surface area contributed by atoms with Crippen LogP contribution in [0.2, 0.25) is 0 Å². The number of aromatic nitrogens is 1. The number of ether oxygens (including phenoxy) is 1. The summed E-state index contributed by atoms with van der Waals surface area (Å²) in [4.78, 5) is 15.0. The Bertz CT molecular complexity index is 654. The second kappa shape index (κ2) is 5.69. The van der Waals surface area contributed by atoms with Gasteiger partial charge in [-0.15, -0.1) is 0 Å². The van der Waals surface area contributed by atoms with Crippen molar-refractivity contribution in [3.8, 4) is 5.88 Å². The molecule has 1 aromatic carbocycles. The zero-order valence-corrected chi connectivity index (χ0v) is 11.7. The number of nitro groups is 1. The summed E-state index contributed by atoms with van der Waals surface area (Å²) in [5, 5.41) is 11.0. The summed E-state index contributed by atoms with van der Waals surface area (Å²) in [6.45, 7) is 5.75. The summed E-state index contributed by atoms with van der Waals surface area (Å²) in [5.41, 5.74) is 3.26. The van der Waals surface area contributed by atoms with E-state index in [9.17, 15) is 10.1 Å². The van der Waals surface area contributed by atoms with E-state index in [1.54, 1.807) is 6.07 Å². The van der Waals surface area contributed by atoms with Gasteiger partial charge in [0.15, 0.2) is 0 Å². The molecule has 5 heteroatoms. The number of nitrogens with zero attached hydrogens (tertiary/aromatic N) is 2. The maximum atomic E-state index is 11.0. The third-order valence-electron chi connectivity index (χ3n) is 3.13. The monoisotopic (exact) mass is 272 g/mol. The number of rotatable bonds is 4. The van der Waals surface area contributed by atoms with E-state index in [-0.39, 0.29) is 17.2 Å². The predicted molar refractivity (Wildman–Crippen MR) is 75.9 cm³/mol. The van der Waals surface area contributed by atoms with Crippen LogP contribution in [0.3, 0.4) is 0 Å². The van der Waals surface area contributed by atoms with E-state index in [2.05, 4.69) is 4.98 Å². The first kappa shape index (κ1) is 14.0. The molecular weight excluding hydrogens is 256 g/mol. The predicted octanol–water partition coefficient (Wildman–Crippen LogP) is 3.49. The molecule has 1 aromatic heterocycles. The maximum absolute atomic E-state index is 11.0. The van der Waals surface area contributed by atoms with Crippen molar-refractivity contribution in [2.24, 2.45) is 0 Å². The Hall–Kier alpha value is -2.43. The highest BCUT2D eigenvalue weighted by atomic mass is 16.6. The quantitative estimate of drug-likeness (QED) is 0.631. The van der Waals surface area contributed by atoms with Crippen LogP contribution in [0.4, 0.5) is 5.69 Å². The van der Waals surface area contributed by atoms with Gasteiger partial charge >= 0.3 is 0 Å². The first-order valence-corrected chi connectivity index (χ1v) is 6.29. The van der Waals surface area contributed by atoms with Gasteiger partial charge < -0.3 is 4.74 Å². The van der Waals surface area contributed by atoms with Crippen LogP contribution in [0.15, 0.2) is 30.3 Å². The van der Waals surface area contributed by atoms with Gasteiger partial charge in [-0.05, 0) is 32.4 Å². The average Bonchev–Trinajstić information content (AvgIpc) is 2.40. The summed E-state index contributed by atoms with van der Waals surface area (Å²) in [6.07, 6.45) is 0. The molecule has 2 aromatic rings. The number of pyridine rings is 1. The molecule has 0 amide bonds. The van der Waals surface area contributed by atoms with Crippen LogP contribution in [0.5, 0.6) is 5.88 Å². The van der Waals surface area contributed by atoms with Gasteiger partial charge in [-0.1, -0.05) is 18.2 Å². The minimum atomic E-state index is -0.387. The van der Waals surface area contributed by atoms with Crippen LogP contribution in [0.25, 0.3) is 0 Å². The van der Waals surface area contributed by atoms with Crippen LogP contribution in [-0.4, -0.2) is 9.91 Å². The Kier molecular flexibility index (Phi) is 3.98. The minimum absolute atomic E-state index is 0.0790. The average molecular weight is 272 g/mol. The van der Waals surface area contributed by atoms with Crippen molar-refractivity contribution in [1.82, 2.24) is 4.98 Å². The molecule has 0 spiro atoms. The van der Waals surface area contributed by atoms with Gasteiger partial charge in [-0.2, -0.15) is 0 Å². The van der Waals surface area contributed by atoms with Crippen LogP contribution in [0, 0.1) is 30.9 Å². The summed E-state index contributed by atoms with van der Waals surface area (Å²) in [5.74, 6) is 0.516. The number of nitro benzene ring substituents is 1. The first-order chi connectivity index (χ1) is 9.49. The van der Waals surface area contributed by atoms with Gasteiger partial charge in [-0.25, -0.2) is 4.98 Å². The van der Waals surface area contributed by atoms with Crippen LogP contribution < -0.4 is 4.74 Å². The Morgan fingerprint density at radius 1 is 1.15 bits per heavy atom. The molecule has 0 saturated carbocycles. The van der Waals surface area contributed by atoms with Gasteiger partial charge in [0, 0.05) is 17.3 Å². The van der Waals surface area contributed by atoms with Crippen molar-refractivity contribution in [3.63, 3.8) is 0 Å². The first-order valence-electron chi connectivity index (χ1n) is 6.29. The van der Waals surface area contributed by atoms with Gasteiger partial charge in [0.2, 0.25) is 5.88 Å². The lowest BCUT2D eigenvalue weighted by Crippen LogP contribution is -2.05. The smallest absolute Gasteiger partial charge is 0.276 e. The summed E-state index contributed by atoms with van der Waals surface area (Å²) in [6, 6.07) is 8.82. The second-order valence-electron chi connectivity index (χ2n) is 4.69. The Morgan fingerprint density at radius 2 is 1.90 bits per heavy atom. The molecule has 0 bridgehead atoms. The van der Waals surface area contributed by atoms with E-state index in [4.69, 9.17) is 4.74 Å². The van der Waals surface area contributed by atoms with E-state index >= 15 is 0 Å². The Morgan fingerprint density at radius 3 is 2.60 bits per heavy atom. The molecule has 0 atom stereocenters. The van der Waals surface area contributed by atoms with Crippen molar-refractivity contribution >= 4 is 5.69 Å². The fourth-order valence-corrected chi connectivity index (χ4v) is 1.93. The van der Waals surface area contributed by atoms with Crippen molar-refractivity contribution < 1.29 is 9.66 Å². The van der Waals surface area contributed by atoms with E-state index in [0.717, 1.165) is 16.8 Å². The fraction of sp³-hybridized carbons (Fsp3) is 0.267. The molecule has 0 aliphatic heterocycles. The molecule has 0 N–H and O–H groups in total. The van der Waals surface area contributed by atoms with Gasteiger partial charge in [-0.3, -0.25) is 10.1 Å². The normalized spacial score (nSPS) is 10.3. The van der Waals surface area contributed by atoms with Gasteiger partial charge in [0.1, 0.15) is 6.61 Å². The highest BCUT2D eigenvalue weighted by Crippen LogP contribution is 2.24. The molecular formula is C15H16N2O3. The molecule has 20 heavy (non-hydrogen) atoms. The number of hydrogen-bond acceptors (Lipinski definition) is 4. The maximum Gasteiger partial charge on any atom is 0.276 e. The minimum Gasteiger partial charge on any atom is -0.472 e. The van der Waals surface area contributed by atoms with E-state index in [1.807, 2.05) is 39.0 Å². The largest absolute Gasteiger partial charge is 0.472 e. The molecule has 1 heterocycles. The van der Waals surface area contributed by atoms with Crippen molar-refractivity contribution in [2.75, 3.05) is 0 Å². The van der Waals surface area contributed by atoms with Crippen molar-refractivity contribution in [3.05, 3.63) is 62.8 Å². The zero-order chi connectivity index (χ0) is 14.7. The van der Waals surface area contributed by atoms with E-state index in [0.29, 0.717) is 11.4 Å². The number of hydrogen-bond donors (Lipinski definition) is 0. The van der Waals surface area contributed by atoms with E-state index < -0.39 is 0 Å². The SMILES string of the molecule is Cc1ccc(C)c(OCc2c(C)cccc2[N+](=O)[O-])n1. The highest BCUT2D eigenvalue weighted by molar-refractivity contribution is 5.45. The number of aryl methyl sites for hydroxylation is 3. The van der Waals surface area contributed by atoms with E-state index in [1.165, 1.54) is 6.07 Å². The lowest BCUT2D eigenvalue weighted by atomic mass is 10.1. The summed E-state index contributed by atoms with van der Waals surface area (Å²) < 4.78 is 5.66. The summed E-state index contributed by atoms with van der Waals surface area (Å²) in [7, 11) is 0. The Balaban J connectivity index is 2.27. The van der Waals surface area contributed by atoms with Gasteiger partial charge in [0.25, 0.3) is 5.69 Å². The van der Waals surface area contributed by atoms with Gasteiger partial charge in [0.05, 0.1) is 10.5 Å². The van der Waals surface area contributed by atoms with Crippen LogP contribution in [0.1, 0.15) is 22.4 Å². The van der Waals surface area contributed by atoms with Crippen molar-refractivity contribution in [2.45, 2.75) is 27.4 Å². The Labute approximate surface area is 117 Å². The van der Waals surface area contributed by atoms with Crippen LogP contribution in [-0.2, 0) is 6.61 Å². The topological polar surface area (TPSA) is 65.3 Å². The second-order valence-corrected chi connectivity index (χ2v) is 4.69. The molecule has 5 nitrogen and oxygen atoms in total. The fourth-order valence-electron chi connectivity index (χ4n) is 1.93. The standard InChI is InChI=1S/C15H16N2O3/c1-10-5-4-6-14(17(18)19)13(10)9-20-15-11(2)7-8-12(3)16-15/h4-8H,9H2,1-3H3. The highest BCUT2D eigenvalue weighted by Gasteiger charge is 2.16. The zero-order valence-electron chi connectivity index (χ0n) is 11.7. The third kappa shape index (κ3) is 2.93. The number of benzene rings is 1. The third-order valence-corrected chi connectivity index (χ3v) is 3.13.